The highest BCUT2D eigenvalue weighted by molar-refractivity contribution is 6.34. The molecule has 0 unspecified atom stereocenters. The number of hydrogen-bond donors (Lipinski definition) is 2. The van der Waals surface area contributed by atoms with Crippen LogP contribution in [0.5, 0.6) is 0 Å². The molecule has 8 aromatic rings. The largest absolute Gasteiger partial charge is 0.396 e. The van der Waals surface area contributed by atoms with Crippen LogP contribution in [0.4, 0.5) is 57.9 Å². The number of amides is 2. The van der Waals surface area contributed by atoms with Gasteiger partial charge in [0.15, 0.2) is 46.5 Å². The molecule has 0 aliphatic carbocycles. The third-order valence-electron chi connectivity index (χ3n) is 16.1. The predicted octanol–water partition coefficient (Wildman–Crippen LogP) is 11.5. The lowest BCUT2D eigenvalue weighted by atomic mass is 10.0. The zero-order valence-electron chi connectivity index (χ0n) is 50.5. The summed E-state index contributed by atoms with van der Waals surface area (Å²) in [6.07, 6.45) is 5.51. The van der Waals surface area contributed by atoms with E-state index in [0.717, 1.165) is 9.13 Å². The minimum absolute atomic E-state index is 0.148. The van der Waals surface area contributed by atoms with Crippen LogP contribution in [0.3, 0.4) is 0 Å². The van der Waals surface area contributed by atoms with E-state index in [-0.39, 0.29) is 141 Å². The molecular weight excluding hydrogens is 1250 g/mol. The normalized spacial score (nSPS) is 15.0. The molecule has 2 aliphatic heterocycles. The number of aromatic nitrogens is 6. The van der Waals surface area contributed by atoms with Crippen LogP contribution in [0.15, 0.2) is 71.6 Å². The number of nitrogens with zero attached hydrogens (tertiary/aromatic N) is 12. The fraction of sp³-hybridized carbons (Fsp3) is 0.281. The van der Waals surface area contributed by atoms with Gasteiger partial charge in [0.2, 0.25) is 11.8 Å². The van der Waals surface area contributed by atoms with E-state index in [1.54, 1.807) is 71.8 Å². The van der Waals surface area contributed by atoms with Gasteiger partial charge in [0.05, 0.1) is 78.1 Å². The van der Waals surface area contributed by atoms with E-state index in [9.17, 15) is 56.0 Å². The predicted molar refractivity (Wildman–Crippen MR) is 334 cm³/mol. The van der Waals surface area contributed by atoms with Gasteiger partial charge >= 0.3 is 0 Å². The van der Waals surface area contributed by atoms with Gasteiger partial charge in [0.25, 0.3) is 11.1 Å². The molecule has 0 radical (unpaired) electrons. The maximum Gasteiger partial charge on any atom is 0.276 e. The Kier molecular flexibility index (Phi) is 18.6. The van der Waals surface area contributed by atoms with E-state index in [4.69, 9.17) is 34.7 Å². The Labute approximate surface area is 530 Å². The number of nitrogen functional groups attached to an aromatic ring is 2. The lowest BCUT2D eigenvalue weighted by molar-refractivity contribution is -0.129. The molecule has 2 aromatic carbocycles. The summed E-state index contributed by atoms with van der Waals surface area (Å²) < 4.78 is 119. The summed E-state index contributed by atoms with van der Waals surface area (Å²) in [5.41, 5.74) is 6.82. The number of halogens is 10. The summed E-state index contributed by atoms with van der Waals surface area (Å²) in [5, 5.41) is 20.4. The second kappa shape index (κ2) is 25.8. The number of anilines is 4. The second-order valence-electron chi connectivity index (χ2n) is 22.5. The fourth-order valence-corrected chi connectivity index (χ4v) is 12.2. The van der Waals surface area contributed by atoms with Crippen LogP contribution < -0.4 is 32.4 Å². The number of rotatable bonds is 10. The highest BCUT2D eigenvalue weighted by Gasteiger charge is 2.37. The molecule has 10 rings (SSSR count). The number of carbonyl (C=O) groups is 2. The van der Waals surface area contributed by atoms with E-state index in [1.165, 1.54) is 24.3 Å². The Hall–Kier alpha value is -9.92. The highest BCUT2D eigenvalue weighted by Crippen LogP contribution is 2.44. The van der Waals surface area contributed by atoms with Crippen molar-refractivity contribution >= 4 is 79.8 Å². The SMILES string of the molecule is C=CC(=O)N1CCN(c2c(C#N)c(=O)n(-c3c(C)ccnc3C(C)C)c3nc(-c4c(N)c(F)c(F)c(F)c4F)c(Cl)cc23)C[C@H]1C.C=CC(=O)N1CCN(c2c(C#N)c(=O)n(-c3c(C)ccnc3C(C)C)c3nc(-c4c(N)c(F)c(F)c(F)c4F)c(Cl)cc23)C[C@H]1C. The molecule has 2 amide bonds. The van der Waals surface area contributed by atoms with Crippen molar-refractivity contribution in [2.24, 2.45) is 0 Å². The number of aryl methyl sites for hydroxylation is 2. The number of fused-ring (bicyclic) bond motifs is 2. The smallest absolute Gasteiger partial charge is 0.276 e. The zero-order chi connectivity index (χ0) is 67.5. The Balaban J connectivity index is 0.000000217. The van der Waals surface area contributed by atoms with E-state index < -0.39 is 91.5 Å². The van der Waals surface area contributed by atoms with Crippen molar-refractivity contribution in [2.75, 3.05) is 60.5 Å². The van der Waals surface area contributed by atoms with Crippen molar-refractivity contribution in [1.82, 2.24) is 38.9 Å². The summed E-state index contributed by atoms with van der Waals surface area (Å²) in [5.74, 6) is -16.8. The van der Waals surface area contributed by atoms with Crippen LogP contribution in [0.1, 0.15) is 87.0 Å². The first kappa shape index (κ1) is 66.5. The molecular formula is C64H56Cl2F8N14O4. The average Bonchev–Trinajstić information content (AvgIpc) is 0.734. The molecule has 2 fully saturated rings. The van der Waals surface area contributed by atoms with Crippen LogP contribution in [0.25, 0.3) is 56.0 Å². The summed E-state index contributed by atoms with van der Waals surface area (Å²) in [6.45, 7) is 22.8. The molecule has 4 N–H and O–H groups in total. The highest BCUT2D eigenvalue weighted by atomic mass is 35.5. The molecule has 2 saturated heterocycles. The Bertz CT molecular complexity index is 4350. The average molecular weight is 1310 g/mol. The number of nitrogens with two attached hydrogens (primary N) is 2. The molecule has 0 bridgehead atoms. The minimum atomic E-state index is -2.12. The standard InChI is InChI=1S/2C32H28ClF4N7O2/c2*1-6-20(45)43-10-9-42(13-16(43)5)30-17-11-19(33)28(21-22(34)23(35)24(36)25(37)26(21)39)41-31(17)44(32(46)18(30)12-38)29-15(4)7-8-40-27(29)14(2)3/h2*6-8,11,14,16H,1,9-10,13,39H2,2-5H3/t2*16-/m11/s1. The molecule has 28 heteroatoms. The Morgan fingerprint density at radius 2 is 0.924 bits per heavy atom. The van der Waals surface area contributed by atoms with E-state index in [0.29, 0.717) is 22.5 Å². The Morgan fingerprint density at radius 1 is 0.587 bits per heavy atom. The van der Waals surface area contributed by atoms with Gasteiger partial charge < -0.3 is 31.1 Å². The first-order valence-corrected chi connectivity index (χ1v) is 29.1. The van der Waals surface area contributed by atoms with E-state index >= 15 is 8.78 Å². The van der Waals surface area contributed by atoms with Crippen molar-refractivity contribution in [3.05, 3.63) is 173 Å². The van der Waals surface area contributed by atoms with Crippen molar-refractivity contribution in [3.8, 4) is 46.0 Å². The molecule has 476 valence electrons. The number of hydrogen-bond acceptors (Lipinski definition) is 14. The van der Waals surface area contributed by atoms with Crippen LogP contribution in [0.2, 0.25) is 10.0 Å². The third-order valence-corrected chi connectivity index (χ3v) is 16.7. The van der Waals surface area contributed by atoms with Crippen LogP contribution in [-0.4, -0.2) is 102 Å². The van der Waals surface area contributed by atoms with Gasteiger partial charge in [0.1, 0.15) is 34.6 Å². The van der Waals surface area contributed by atoms with E-state index in [1.807, 2.05) is 39.8 Å². The lowest BCUT2D eigenvalue weighted by Crippen LogP contribution is -2.54. The summed E-state index contributed by atoms with van der Waals surface area (Å²) in [7, 11) is 0. The number of pyridine rings is 6. The molecule has 0 saturated carbocycles. The van der Waals surface area contributed by atoms with Crippen LogP contribution >= 0.6 is 23.2 Å². The van der Waals surface area contributed by atoms with Crippen molar-refractivity contribution in [2.45, 2.75) is 79.3 Å². The van der Waals surface area contributed by atoms with Gasteiger partial charge in [-0.15, -0.1) is 0 Å². The maximum atomic E-state index is 15.2. The first-order valence-electron chi connectivity index (χ1n) is 28.4. The molecule has 0 spiro atoms. The van der Waals surface area contributed by atoms with Crippen molar-refractivity contribution in [1.29, 1.82) is 10.5 Å². The van der Waals surface area contributed by atoms with Gasteiger partial charge in [-0.05, 0) is 87.1 Å². The topological polar surface area (TPSA) is 242 Å². The minimum Gasteiger partial charge on any atom is -0.396 e. The quantitative estimate of drug-likeness (QED) is 0.0425. The van der Waals surface area contributed by atoms with Gasteiger partial charge in [-0.2, -0.15) is 10.5 Å². The number of benzene rings is 2. The zero-order valence-corrected chi connectivity index (χ0v) is 52.0. The third kappa shape index (κ3) is 11.1. The van der Waals surface area contributed by atoms with E-state index in [2.05, 4.69) is 33.1 Å². The molecule has 92 heavy (non-hydrogen) atoms. The molecule has 6 aromatic heterocycles. The number of nitriles is 2. The lowest BCUT2D eigenvalue weighted by Gasteiger charge is -2.41. The molecule has 2 aliphatic rings. The van der Waals surface area contributed by atoms with Gasteiger partial charge in [-0.25, -0.2) is 45.1 Å². The van der Waals surface area contributed by atoms with Crippen LogP contribution in [0, 0.1) is 83.0 Å². The Morgan fingerprint density at radius 3 is 1.23 bits per heavy atom. The van der Waals surface area contributed by atoms with Gasteiger partial charge in [0, 0.05) is 74.5 Å². The summed E-state index contributed by atoms with van der Waals surface area (Å²) >= 11 is 13.2. The van der Waals surface area contributed by atoms with Gasteiger partial charge in [-0.1, -0.05) is 64.1 Å². The van der Waals surface area contributed by atoms with Crippen LogP contribution in [-0.2, 0) is 9.59 Å². The first-order chi connectivity index (χ1) is 43.5. The van der Waals surface area contributed by atoms with Crippen molar-refractivity contribution in [3.63, 3.8) is 0 Å². The molecule has 18 nitrogen and oxygen atoms in total. The maximum absolute atomic E-state index is 15.2. The fourth-order valence-electron chi connectivity index (χ4n) is 11.7. The second-order valence-corrected chi connectivity index (χ2v) is 23.3. The summed E-state index contributed by atoms with van der Waals surface area (Å²) in [6, 6.07) is 9.17. The van der Waals surface area contributed by atoms with Crippen molar-refractivity contribution < 1.29 is 44.7 Å². The summed E-state index contributed by atoms with van der Waals surface area (Å²) in [4.78, 5) is 78.1. The molecule has 2 atom stereocenters. The van der Waals surface area contributed by atoms with Gasteiger partial charge in [-0.3, -0.25) is 38.3 Å². The number of piperazine rings is 2. The molecule has 8 heterocycles. The monoisotopic (exact) mass is 1310 g/mol. The number of carbonyl (C=O) groups excluding carboxylic acids is 2.